The molecule has 28 heavy (non-hydrogen) atoms. The molecule has 2 rings (SSSR count). The Labute approximate surface area is 166 Å². The second kappa shape index (κ2) is 9.39. The van der Waals surface area contributed by atoms with Gasteiger partial charge in [-0.05, 0) is 50.5 Å². The van der Waals surface area contributed by atoms with Crippen LogP contribution < -0.4 is 10.2 Å². The first-order valence-electron chi connectivity index (χ1n) is 9.62. The summed E-state index contributed by atoms with van der Waals surface area (Å²) in [5, 5.41) is 16.6. The number of benzene rings is 1. The highest BCUT2D eigenvalue weighted by atomic mass is 16.4. The first-order valence-corrected chi connectivity index (χ1v) is 9.62. The Morgan fingerprint density at radius 3 is 2.57 bits per heavy atom. The number of rotatable bonds is 9. The zero-order chi connectivity index (χ0) is 20.8. The number of hydrogen-bond acceptors (Lipinski definition) is 4. The van der Waals surface area contributed by atoms with E-state index in [0.717, 1.165) is 42.9 Å². The molecule has 0 saturated carbocycles. The fraction of sp³-hybridized carbons (Fsp3) is 0.476. The number of unbranched alkanes of at least 4 members (excludes halogenated alkanes) is 1. The maximum atomic E-state index is 12.2. The van der Waals surface area contributed by atoms with Gasteiger partial charge in [0.2, 0.25) is 5.91 Å². The smallest absolute Gasteiger partial charge is 0.335 e. The van der Waals surface area contributed by atoms with Gasteiger partial charge in [0.05, 0.1) is 22.6 Å². The van der Waals surface area contributed by atoms with Crippen molar-refractivity contribution in [3.05, 3.63) is 40.7 Å². The van der Waals surface area contributed by atoms with E-state index in [-0.39, 0.29) is 11.5 Å². The van der Waals surface area contributed by atoms with Gasteiger partial charge in [-0.1, -0.05) is 13.3 Å². The standard InChI is InChI=1S/C21H30N4O3/c1-6-7-8-20(26)22-18-13-16(21(27)28)9-10-19(18)24(4)12-11-17-14(2)23-25(5)15(17)3/h9-10,13H,6-8,11-12H2,1-5H3,(H,22,26)(H,27,28). The minimum Gasteiger partial charge on any atom is -0.478 e. The van der Waals surface area contributed by atoms with Crippen LogP contribution in [0.4, 0.5) is 11.4 Å². The maximum absolute atomic E-state index is 12.2. The van der Waals surface area contributed by atoms with Gasteiger partial charge in [0.15, 0.2) is 0 Å². The van der Waals surface area contributed by atoms with Crippen molar-refractivity contribution in [2.75, 3.05) is 23.8 Å². The summed E-state index contributed by atoms with van der Waals surface area (Å²) < 4.78 is 1.88. The molecule has 0 aliphatic heterocycles. The number of nitrogens with one attached hydrogen (secondary N) is 1. The Kier molecular flexibility index (Phi) is 7.20. The van der Waals surface area contributed by atoms with E-state index in [4.69, 9.17) is 0 Å². The molecule has 0 aliphatic rings. The summed E-state index contributed by atoms with van der Waals surface area (Å²) in [6.07, 6.45) is 2.96. The summed E-state index contributed by atoms with van der Waals surface area (Å²) >= 11 is 0. The second-order valence-electron chi connectivity index (χ2n) is 7.13. The lowest BCUT2D eigenvalue weighted by Gasteiger charge is -2.23. The van der Waals surface area contributed by atoms with Crippen molar-refractivity contribution in [2.24, 2.45) is 7.05 Å². The predicted octanol–water partition coefficient (Wildman–Crippen LogP) is 3.54. The normalized spacial score (nSPS) is 10.8. The quantitative estimate of drug-likeness (QED) is 0.688. The van der Waals surface area contributed by atoms with Crippen molar-refractivity contribution >= 4 is 23.3 Å². The zero-order valence-corrected chi connectivity index (χ0v) is 17.4. The third kappa shape index (κ3) is 5.12. The highest BCUT2D eigenvalue weighted by molar-refractivity contribution is 5.97. The minimum absolute atomic E-state index is 0.0991. The van der Waals surface area contributed by atoms with Gasteiger partial charge >= 0.3 is 5.97 Å². The molecule has 1 aromatic heterocycles. The van der Waals surface area contributed by atoms with Crippen LogP contribution in [-0.2, 0) is 18.3 Å². The number of carboxylic acid groups (broad SMARTS) is 1. The number of carbonyl (C=O) groups excluding carboxylic acids is 1. The number of aromatic nitrogens is 2. The van der Waals surface area contributed by atoms with Gasteiger partial charge in [-0.3, -0.25) is 9.48 Å². The third-order valence-electron chi connectivity index (χ3n) is 5.04. The molecule has 0 saturated heterocycles. The SMILES string of the molecule is CCCCC(=O)Nc1cc(C(=O)O)ccc1N(C)CCc1c(C)nn(C)c1C. The lowest BCUT2D eigenvalue weighted by Crippen LogP contribution is -2.23. The largest absolute Gasteiger partial charge is 0.478 e. The van der Waals surface area contributed by atoms with Crippen LogP contribution in [0.1, 0.15) is 53.5 Å². The van der Waals surface area contributed by atoms with Crippen LogP contribution in [0.2, 0.25) is 0 Å². The van der Waals surface area contributed by atoms with Crippen LogP contribution in [0.5, 0.6) is 0 Å². The molecule has 0 fully saturated rings. The van der Waals surface area contributed by atoms with Crippen LogP contribution >= 0.6 is 0 Å². The Balaban J connectivity index is 2.21. The molecule has 2 N–H and O–H groups in total. The van der Waals surface area contributed by atoms with Crippen molar-refractivity contribution in [1.29, 1.82) is 0 Å². The predicted molar refractivity (Wildman–Crippen MR) is 111 cm³/mol. The topological polar surface area (TPSA) is 87.5 Å². The Bertz CT molecular complexity index is 858. The Morgan fingerprint density at radius 2 is 2.00 bits per heavy atom. The first-order chi connectivity index (χ1) is 13.2. The van der Waals surface area contributed by atoms with Crippen molar-refractivity contribution in [1.82, 2.24) is 9.78 Å². The summed E-state index contributed by atoms with van der Waals surface area (Å²) in [6, 6.07) is 4.84. The average molecular weight is 386 g/mol. The lowest BCUT2D eigenvalue weighted by atomic mass is 10.1. The van der Waals surface area contributed by atoms with Crippen LogP contribution in [0.15, 0.2) is 18.2 Å². The molecule has 0 unspecified atom stereocenters. The average Bonchev–Trinajstić information content (AvgIpc) is 2.89. The van der Waals surface area contributed by atoms with Crippen molar-refractivity contribution in [2.45, 2.75) is 46.5 Å². The highest BCUT2D eigenvalue weighted by Gasteiger charge is 2.15. The van der Waals surface area contributed by atoms with Crippen LogP contribution in [0.3, 0.4) is 0 Å². The fourth-order valence-corrected chi connectivity index (χ4v) is 3.23. The van der Waals surface area contributed by atoms with E-state index in [9.17, 15) is 14.7 Å². The molecule has 0 spiro atoms. The van der Waals surface area contributed by atoms with E-state index >= 15 is 0 Å². The Hall–Kier alpha value is -2.83. The summed E-state index contributed by atoms with van der Waals surface area (Å²) in [7, 11) is 3.88. The molecule has 1 heterocycles. The zero-order valence-electron chi connectivity index (χ0n) is 17.4. The van der Waals surface area contributed by atoms with E-state index in [1.54, 1.807) is 12.1 Å². The maximum Gasteiger partial charge on any atom is 0.335 e. The molecular formula is C21H30N4O3. The lowest BCUT2D eigenvalue weighted by molar-refractivity contribution is -0.116. The van der Waals surface area contributed by atoms with Gasteiger partial charge in [-0.15, -0.1) is 0 Å². The number of carboxylic acids is 1. The number of aromatic carboxylic acids is 1. The number of carbonyl (C=O) groups is 2. The molecule has 2 aromatic rings. The number of aryl methyl sites for hydroxylation is 2. The number of nitrogens with zero attached hydrogens (tertiary/aromatic N) is 3. The molecule has 1 amide bonds. The first kappa shape index (κ1) is 21.5. The molecule has 7 nitrogen and oxygen atoms in total. The van der Waals surface area contributed by atoms with Gasteiger partial charge < -0.3 is 15.3 Å². The highest BCUT2D eigenvalue weighted by Crippen LogP contribution is 2.27. The summed E-state index contributed by atoms with van der Waals surface area (Å²) in [4.78, 5) is 25.6. The van der Waals surface area contributed by atoms with Gasteiger partial charge in [-0.2, -0.15) is 5.10 Å². The molecule has 7 heteroatoms. The Morgan fingerprint density at radius 1 is 1.29 bits per heavy atom. The molecule has 152 valence electrons. The number of likely N-dealkylation sites (N-methyl/N-ethyl adjacent to an activating group) is 1. The monoisotopic (exact) mass is 386 g/mol. The summed E-state index contributed by atoms with van der Waals surface area (Å²) in [6.45, 7) is 6.80. The third-order valence-corrected chi connectivity index (χ3v) is 5.04. The van der Waals surface area contributed by atoms with Crippen LogP contribution in [0.25, 0.3) is 0 Å². The van der Waals surface area contributed by atoms with E-state index in [1.165, 1.54) is 11.6 Å². The summed E-state index contributed by atoms with van der Waals surface area (Å²) in [5.41, 5.74) is 4.85. The minimum atomic E-state index is -1.01. The van der Waals surface area contributed by atoms with E-state index in [2.05, 4.69) is 17.3 Å². The molecule has 0 atom stereocenters. The van der Waals surface area contributed by atoms with Gasteiger partial charge in [0.25, 0.3) is 0 Å². The fourth-order valence-electron chi connectivity index (χ4n) is 3.23. The van der Waals surface area contributed by atoms with E-state index < -0.39 is 5.97 Å². The molecule has 0 aliphatic carbocycles. The number of anilines is 2. The van der Waals surface area contributed by atoms with E-state index in [0.29, 0.717) is 12.1 Å². The molecule has 0 bridgehead atoms. The summed E-state index contributed by atoms with van der Waals surface area (Å²) in [5.74, 6) is -1.11. The molecule has 0 radical (unpaired) electrons. The molecular weight excluding hydrogens is 356 g/mol. The van der Waals surface area contributed by atoms with Crippen molar-refractivity contribution in [3.8, 4) is 0 Å². The van der Waals surface area contributed by atoms with Crippen molar-refractivity contribution in [3.63, 3.8) is 0 Å². The van der Waals surface area contributed by atoms with Crippen LogP contribution in [0, 0.1) is 13.8 Å². The van der Waals surface area contributed by atoms with Gasteiger partial charge in [0, 0.05) is 32.8 Å². The van der Waals surface area contributed by atoms with E-state index in [1.807, 2.05) is 37.5 Å². The molecule has 1 aromatic carbocycles. The van der Waals surface area contributed by atoms with Gasteiger partial charge in [0.1, 0.15) is 0 Å². The number of hydrogen-bond donors (Lipinski definition) is 2. The second-order valence-corrected chi connectivity index (χ2v) is 7.13. The van der Waals surface area contributed by atoms with Crippen LogP contribution in [-0.4, -0.2) is 40.4 Å². The number of amides is 1. The van der Waals surface area contributed by atoms with Gasteiger partial charge in [-0.25, -0.2) is 4.79 Å². The van der Waals surface area contributed by atoms with Crippen molar-refractivity contribution < 1.29 is 14.7 Å².